The van der Waals surface area contributed by atoms with Gasteiger partial charge in [-0.2, -0.15) is 0 Å². The summed E-state index contributed by atoms with van der Waals surface area (Å²) in [6.45, 7) is 13.4. The van der Waals surface area contributed by atoms with E-state index in [1.165, 1.54) is 12.2 Å². The van der Waals surface area contributed by atoms with Gasteiger partial charge < -0.3 is 9.88 Å². The molecule has 0 bridgehead atoms. The lowest BCUT2D eigenvalue weighted by molar-refractivity contribution is 0.280. The maximum atomic E-state index is 4.52. The van der Waals surface area contributed by atoms with Gasteiger partial charge in [0.1, 0.15) is 5.82 Å². The smallest absolute Gasteiger partial charge is 0.109 e. The molecule has 1 N–H and O–H groups in total. The zero-order chi connectivity index (χ0) is 13.6. The van der Waals surface area contributed by atoms with Crippen LogP contribution in [0.4, 0.5) is 0 Å². The lowest BCUT2D eigenvalue weighted by Gasteiger charge is -2.28. The summed E-state index contributed by atoms with van der Waals surface area (Å²) < 4.78 is 2.29. The van der Waals surface area contributed by atoms with Gasteiger partial charge >= 0.3 is 0 Å². The molecule has 0 aliphatic carbocycles. The molecule has 1 aromatic heterocycles. The maximum Gasteiger partial charge on any atom is 0.109 e. The maximum absolute atomic E-state index is 4.52. The third-order valence-electron chi connectivity index (χ3n) is 3.31. The van der Waals surface area contributed by atoms with Gasteiger partial charge in [-0.25, -0.2) is 4.98 Å². The first kappa shape index (κ1) is 15.2. The van der Waals surface area contributed by atoms with E-state index < -0.39 is 0 Å². The van der Waals surface area contributed by atoms with Gasteiger partial charge in [-0.3, -0.25) is 0 Å². The highest BCUT2D eigenvalue weighted by Crippen LogP contribution is 2.27. The summed E-state index contributed by atoms with van der Waals surface area (Å²) in [5, 5.41) is 3.49. The molecular weight excluding hydrogens is 222 g/mol. The van der Waals surface area contributed by atoms with Gasteiger partial charge in [-0.1, -0.05) is 27.7 Å². The Morgan fingerprint density at radius 2 is 2.11 bits per heavy atom. The molecule has 1 aromatic rings. The van der Waals surface area contributed by atoms with Gasteiger partial charge in [0, 0.05) is 31.4 Å². The molecule has 3 heteroatoms. The number of hydrogen-bond acceptors (Lipinski definition) is 2. The van der Waals surface area contributed by atoms with E-state index in [2.05, 4.69) is 55.7 Å². The van der Waals surface area contributed by atoms with Crippen molar-refractivity contribution in [1.82, 2.24) is 14.9 Å². The van der Waals surface area contributed by atoms with Crippen LogP contribution in [-0.4, -0.2) is 22.1 Å². The second-order valence-corrected chi connectivity index (χ2v) is 6.04. The largest absolute Gasteiger partial charge is 0.335 e. The first-order valence-electron chi connectivity index (χ1n) is 7.22. The van der Waals surface area contributed by atoms with Crippen molar-refractivity contribution < 1.29 is 0 Å². The van der Waals surface area contributed by atoms with Crippen molar-refractivity contribution in [3.63, 3.8) is 0 Å². The summed E-state index contributed by atoms with van der Waals surface area (Å²) in [6.07, 6.45) is 7.42. The molecule has 1 atom stereocenters. The molecule has 0 aliphatic heterocycles. The highest BCUT2D eigenvalue weighted by atomic mass is 15.1. The molecule has 0 spiro atoms. The Labute approximate surface area is 112 Å². The summed E-state index contributed by atoms with van der Waals surface area (Å²) in [5.74, 6) is 1.23. The van der Waals surface area contributed by atoms with Crippen LogP contribution in [0.3, 0.4) is 0 Å². The minimum Gasteiger partial charge on any atom is -0.335 e. The van der Waals surface area contributed by atoms with Gasteiger partial charge in [-0.05, 0) is 31.7 Å². The number of nitrogens with one attached hydrogen (secondary N) is 1. The van der Waals surface area contributed by atoms with E-state index in [4.69, 9.17) is 0 Å². The number of rotatable bonds is 8. The Morgan fingerprint density at radius 3 is 2.72 bits per heavy atom. The van der Waals surface area contributed by atoms with Crippen molar-refractivity contribution in [3.05, 3.63) is 18.2 Å². The Morgan fingerprint density at radius 1 is 1.39 bits per heavy atom. The predicted molar refractivity (Wildman–Crippen MR) is 77.8 cm³/mol. The molecule has 0 fully saturated rings. The normalized spacial score (nSPS) is 13.8. The van der Waals surface area contributed by atoms with Crippen LogP contribution in [0.2, 0.25) is 0 Å². The van der Waals surface area contributed by atoms with Gasteiger partial charge in [0.15, 0.2) is 0 Å². The number of hydrogen-bond donors (Lipinski definition) is 1. The van der Waals surface area contributed by atoms with E-state index in [0.717, 1.165) is 25.9 Å². The van der Waals surface area contributed by atoms with Gasteiger partial charge in [0.2, 0.25) is 0 Å². The highest BCUT2D eigenvalue weighted by Gasteiger charge is 2.23. The van der Waals surface area contributed by atoms with E-state index in [1.54, 1.807) is 0 Å². The van der Waals surface area contributed by atoms with E-state index in [1.807, 2.05) is 6.20 Å². The molecule has 104 valence electrons. The fourth-order valence-electron chi connectivity index (χ4n) is 2.70. The third-order valence-corrected chi connectivity index (χ3v) is 3.31. The summed E-state index contributed by atoms with van der Waals surface area (Å²) in [6, 6.07) is 0.569. The highest BCUT2D eigenvalue weighted by molar-refractivity contribution is 4.97. The molecule has 0 saturated carbocycles. The minimum atomic E-state index is 0.290. The van der Waals surface area contributed by atoms with Crippen LogP contribution in [0.1, 0.15) is 53.3 Å². The second kappa shape index (κ2) is 6.93. The SMILES string of the molecule is CCCn1ccnc1CC(C)(C)CC(C)NCC. The molecule has 0 aliphatic rings. The van der Waals surface area contributed by atoms with E-state index in [9.17, 15) is 0 Å². The van der Waals surface area contributed by atoms with E-state index in [0.29, 0.717) is 11.5 Å². The molecule has 1 unspecified atom stereocenters. The summed E-state index contributed by atoms with van der Waals surface area (Å²) in [7, 11) is 0. The number of aryl methyl sites for hydroxylation is 1. The van der Waals surface area contributed by atoms with Crippen LogP contribution in [0.5, 0.6) is 0 Å². The lowest BCUT2D eigenvalue weighted by Crippen LogP contribution is -2.32. The fourth-order valence-corrected chi connectivity index (χ4v) is 2.70. The lowest BCUT2D eigenvalue weighted by atomic mass is 9.82. The van der Waals surface area contributed by atoms with Crippen LogP contribution in [0.25, 0.3) is 0 Å². The summed E-state index contributed by atoms with van der Waals surface area (Å²) in [4.78, 5) is 4.52. The molecule has 1 heterocycles. The summed E-state index contributed by atoms with van der Waals surface area (Å²) >= 11 is 0. The quantitative estimate of drug-likeness (QED) is 0.768. The number of aromatic nitrogens is 2. The molecular formula is C15H29N3. The van der Waals surface area contributed by atoms with Crippen molar-refractivity contribution in [2.45, 2.75) is 66.5 Å². The molecule has 0 aromatic carbocycles. The van der Waals surface area contributed by atoms with Crippen LogP contribution in [0.15, 0.2) is 12.4 Å². The van der Waals surface area contributed by atoms with Crippen molar-refractivity contribution in [2.24, 2.45) is 5.41 Å². The number of nitrogens with zero attached hydrogens (tertiary/aromatic N) is 2. The number of imidazole rings is 1. The first-order valence-corrected chi connectivity index (χ1v) is 7.22. The van der Waals surface area contributed by atoms with Crippen LogP contribution < -0.4 is 5.32 Å². The molecule has 0 saturated heterocycles. The Hall–Kier alpha value is -0.830. The van der Waals surface area contributed by atoms with Crippen molar-refractivity contribution >= 4 is 0 Å². The van der Waals surface area contributed by atoms with E-state index in [-0.39, 0.29) is 0 Å². The topological polar surface area (TPSA) is 29.9 Å². The standard InChI is InChI=1S/C15H29N3/c1-6-9-18-10-8-17-14(18)12-15(4,5)11-13(3)16-7-2/h8,10,13,16H,6-7,9,11-12H2,1-5H3. The average Bonchev–Trinajstić information content (AvgIpc) is 2.65. The van der Waals surface area contributed by atoms with E-state index >= 15 is 0 Å². The zero-order valence-electron chi connectivity index (χ0n) is 12.7. The first-order chi connectivity index (χ1) is 8.48. The van der Waals surface area contributed by atoms with Crippen molar-refractivity contribution in [1.29, 1.82) is 0 Å². The monoisotopic (exact) mass is 251 g/mol. The Kier molecular flexibility index (Phi) is 5.86. The Balaban J connectivity index is 2.60. The van der Waals surface area contributed by atoms with Crippen LogP contribution in [0, 0.1) is 5.41 Å². The minimum absolute atomic E-state index is 0.290. The van der Waals surface area contributed by atoms with Gasteiger partial charge in [0.25, 0.3) is 0 Å². The molecule has 3 nitrogen and oxygen atoms in total. The van der Waals surface area contributed by atoms with Gasteiger partial charge in [-0.15, -0.1) is 0 Å². The fraction of sp³-hybridized carbons (Fsp3) is 0.800. The van der Waals surface area contributed by atoms with Crippen molar-refractivity contribution in [3.8, 4) is 0 Å². The van der Waals surface area contributed by atoms with Crippen LogP contribution in [-0.2, 0) is 13.0 Å². The molecule has 18 heavy (non-hydrogen) atoms. The van der Waals surface area contributed by atoms with Crippen molar-refractivity contribution in [2.75, 3.05) is 6.54 Å². The zero-order valence-corrected chi connectivity index (χ0v) is 12.7. The average molecular weight is 251 g/mol. The second-order valence-electron chi connectivity index (χ2n) is 6.04. The molecule has 0 radical (unpaired) electrons. The molecule has 1 rings (SSSR count). The molecule has 0 amide bonds. The third kappa shape index (κ3) is 4.81. The Bertz CT molecular complexity index is 341. The summed E-state index contributed by atoms with van der Waals surface area (Å²) in [5.41, 5.74) is 0.290. The van der Waals surface area contributed by atoms with Crippen LogP contribution >= 0.6 is 0 Å². The predicted octanol–water partition coefficient (Wildman–Crippen LogP) is 3.25. The van der Waals surface area contributed by atoms with Gasteiger partial charge in [0.05, 0.1) is 0 Å².